The van der Waals surface area contributed by atoms with E-state index < -0.39 is 0 Å². The van der Waals surface area contributed by atoms with Crippen LogP contribution in [0.1, 0.15) is 56.0 Å². The van der Waals surface area contributed by atoms with Gasteiger partial charge in [0.2, 0.25) is 5.91 Å². The summed E-state index contributed by atoms with van der Waals surface area (Å²) in [4.78, 5) is 20.8. The van der Waals surface area contributed by atoms with Gasteiger partial charge in [-0.05, 0) is 48.6 Å². The smallest absolute Gasteiger partial charge is 0.324 e. The monoisotopic (exact) mass is 500 g/mol. The minimum Gasteiger partial charge on any atom is -0.378 e. The van der Waals surface area contributed by atoms with Crippen LogP contribution in [0, 0.1) is 23.6 Å². The van der Waals surface area contributed by atoms with Gasteiger partial charge >= 0.3 is 6.01 Å². The van der Waals surface area contributed by atoms with Crippen molar-refractivity contribution in [2.75, 3.05) is 44.8 Å². The second-order valence-corrected chi connectivity index (χ2v) is 10.8. The van der Waals surface area contributed by atoms with E-state index in [4.69, 9.17) is 14.0 Å². The predicted molar refractivity (Wildman–Crippen MR) is 132 cm³/mol. The average Bonchev–Trinajstić information content (AvgIpc) is 3.42. The van der Waals surface area contributed by atoms with E-state index in [0.717, 1.165) is 31.8 Å². The molecule has 2 saturated heterocycles. The fraction of sp³-hybridized carbons (Fsp3) is 0.667. The first-order chi connectivity index (χ1) is 17.4. The highest BCUT2D eigenvalue weighted by atomic mass is 19.1. The number of ether oxygens (including phenoxy) is 2. The van der Waals surface area contributed by atoms with Crippen LogP contribution in [0.5, 0.6) is 0 Å². The highest BCUT2D eigenvalue weighted by molar-refractivity contribution is 5.79. The largest absolute Gasteiger partial charge is 0.378 e. The molecule has 0 N–H and O–H groups in total. The maximum Gasteiger partial charge on any atom is 0.324 e. The van der Waals surface area contributed by atoms with Gasteiger partial charge in [-0.2, -0.15) is 4.98 Å². The summed E-state index contributed by atoms with van der Waals surface area (Å²) in [5, 5.41) is 4.08. The van der Waals surface area contributed by atoms with Crippen LogP contribution in [0.25, 0.3) is 0 Å². The van der Waals surface area contributed by atoms with Crippen LogP contribution in [0.3, 0.4) is 0 Å². The first kappa shape index (κ1) is 25.1. The Morgan fingerprint density at radius 2 is 2.03 bits per heavy atom. The summed E-state index contributed by atoms with van der Waals surface area (Å²) in [7, 11) is 1.65. The minimum absolute atomic E-state index is 0.00899. The second kappa shape index (κ2) is 10.8. The van der Waals surface area contributed by atoms with Gasteiger partial charge in [-0.3, -0.25) is 4.79 Å². The van der Waals surface area contributed by atoms with Gasteiger partial charge < -0.3 is 23.8 Å². The molecule has 196 valence electrons. The third kappa shape index (κ3) is 5.72. The number of hydrogen-bond acceptors (Lipinski definition) is 7. The van der Waals surface area contributed by atoms with E-state index in [1.54, 1.807) is 18.1 Å². The molecule has 1 amide bonds. The lowest BCUT2D eigenvalue weighted by Crippen LogP contribution is -2.54. The third-order valence-corrected chi connectivity index (χ3v) is 7.94. The molecule has 1 aliphatic carbocycles. The maximum absolute atomic E-state index is 14.6. The van der Waals surface area contributed by atoms with Crippen molar-refractivity contribution in [3.05, 3.63) is 41.0 Å². The molecule has 1 saturated carbocycles. The van der Waals surface area contributed by atoms with Gasteiger partial charge in [0.1, 0.15) is 5.82 Å². The molecule has 0 radical (unpaired) electrons. The van der Waals surface area contributed by atoms with Crippen LogP contribution < -0.4 is 4.90 Å². The Bertz CT molecular complexity index is 1050. The Labute approximate surface area is 212 Å². The number of methoxy groups -OCH3 is 1. The summed E-state index contributed by atoms with van der Waals surface area (Å²) >= 11 is 0. The molecule has 0 unspecified atom stereocenters. The van der Waals surface area contributed by atoms with Crippen molar-refractivity contribution in [3.63, 3.8) is 0 Å². The second-order valence-electron chi connectivity index (χ2n) is 10.8. The molecular formula is C27H37FN4O4. The highest BCUT2D eigenvalue weighted by Crippen LogP contribution is 2.48. The Morgan fingerprint density at radius 3 is 2.69 bits per heavy atom. The zero-order valence-electron chi connectivity index (χ0n) is 21.5. The quantitative estimate of drug-likeness (QED) is 0.491. The number of anilines is 1. The van der Waals surface area contributed by atoms with E-state index in [1.807, 2.05) is 6.07 Å². The molecule has 5 rings (SSSR count). The van der Waals surface area contributed by atoms with Crippen molar-refractivity contribution in [2.24, 2.45) is 17.8 Å². The molecule has 36 heavy (non-hydrogen) atoms. The van der Waals surface area contributed by atoms with Gasteiger partial charge in [-0.25, -0.2) is 4.39 Å². The molecular weight excluding hydrogens is 463 g/mol. The topological polar surface area (TPSA) is 80.9 Å². The Hall–Kier alpha value is -2.52. The van der Waals surface area contributed by atoms with Crippen LogP contribution in [-0.2, 0) is 27.3 Å². The number of carbonyl (C=O) groups excluding carboxylic acids is 1. The first-order valence-corrected chi connectivity index (χ1v) is 13.2. The molecule has 2 atom stereocenters. The van der Waals surface area contributed by atoms with E-state index in [2.05, 4.69) is 28.9 Å². The van der Waals surface area contributed by atoms with Crippen molar-refractivity contribution in [1.29, 1.82) is 0 Å². The standard InChI is InChI=1S/C27H37FN4O4/c1-17(2)26-29-27(36-30-26)31-8-6-19(7-9-31)23-12-21(23)16-35-15-20-5-4-18(10-24(20)28)11-25(33)32-13-22(14-32)34-3/h4-5,10,17,19,21-23H,6-9,11-16H2,1-3H3/t21-,23+/m0/s1. The van der Waals surface area contributed by atoms with E-state index >= 15 is 0 Å². The van der Waals surface area contributed by atoms with Gasteiger partial charge in [0.25, 0.3) is 0 Å². The summed E-state index contributed by atoms with van der Waals surface area (Å²) in [5.74, 6) is 2.68. The summed E-state index contributed by atoms with van der Waals surface area (Å²) in [5.41, 5.74) is 1.23. The zero-order valence-corrected chi connectivity index (χ0v) is 21.5. The van der Waals surface area contributed by atoms with Gasteiger partial charge in [-0.1, -0.05) is 31.1 Å². The number of hydrogen-bond donors (Lipinski definition) is 0. The minimum atomic E-state index is -0.306. The molecule has 3 aliphatic rings. The van der Waals surface area contributed by atoms with Gasteiger partial charge in [-0.15, -0.1) is 0 Å². The van der Waals surface area contributed by atoms with Crippen LogP contribution in [-0.4, -0.2) is 66.9 Å². The van der Waals surface area contributed by atoms with Crippen molar-refractivity contribution in [2.45, 2.75) is 58.2 Å². The number of amides is 1. The van der Waals surface area contributed by atoms with Gasteiger partial charge in [0.05, 0.1) is 25.7 Å². The van der Waals surface area contributed by atoms with Crippen molar-refractivity contribution < 1.29 is 23.2 Å². The third-order valence-electron chi connectivity index (χ3n) is 7.94. The normalized spacial score (nSPS) is 22.8. The lowest BCUT2D eigenvalue weighted by atomic mass is 9.91. The lowest BCUT2D eigenvalue weighted by Gasteiger charge is -2.38. The first-order valence-electron chi connectivity index (χ1n) is 13.2. The SMILES string of the molecule is COC1CN(C(=O)Cc2ccc(COC[C@@H]3C[C@@H]3C3CCN(c4nc(C(C)C)no4)CC3)c(F)c2)C1. The molecule has 8 nitrogen and oxygen atoms in total. The lowest BCUT2D eigenvalue weighted by molar-refractivity contribution is -0.142. The predicted octanol–water partition coefficient (Wildman–Crippen LogP) is 3.80. The maximum atomic E-state index is 14.6. The Kier molecular flexibility index (Phi) is 7.57. The molecule has 2 aromatic rings. The van der Waals surface area contributed by atoms with Gasteiger partial charge in [0, 0.05) is 44.8 Å². The van der Waals surface area contributed by atoms with Crippen LogP contribution in [0.4, 0.5) is 10.4 Å². The summed E-state index contributed by atoms with van der Waals surface area (Å²) in [6, 6.07) is 5.68. The number of benzene rings is 1. The fourth-order valence-corrected chi connectivity index (χ4v) is 5.36. The molecule has 3 fully saturated rings. The molecule has 0 bridgehead atoms. The number of nitrogens with zero attached hydrogens (tertiary/aromatic N) is 4. The number of rotatable bonds is 10. The molecule has 3 heterocycles. The average molecular weight is 501 g/mol. The van der Waals surface area contributed by atoms with Crippen molar-refractivity contribution in [1.82, 2.24) is 15.0 Å². The molecule has 2 aliphatic heterocycles. The number of likely N-dealkylation sites (tertiary alicyclic amines) is 1. The fourth-order valence-electron chi connectivity index (χ4n) is 5.36. The zero-order chi connectivity index (χ0) is 25.2. The van der Waals surface area contributed by atoms with E-state index in [9.17, 15) is 9.18 Å². The number of halogens is 1. The molecule has 0 spiro atoms. The van der Waals surface area contributed by atoms with Crippen LogP contribution in [0.15, 0.2) is 22.7 Å². The van der Waals surface area contributed by atoms with Crippen LogP contribution in [0.2, 0.25) is 0 Å². The van der Waals surface area contributed by atoms with Crippen molar-refractivity contribution in [3.8, 4) is 0 Å². The number of piperidine rings is 1. The number of aromatic nitrogens is 2. The number of carbonyl (C=O) groups is 1. The molecule has 9 heteroatoms. The van der Waals surface area contributed by atoms with E-state index in [-0.39, 0.29) is 36.8 Å². The van der Waals surface area contributed by atoms with Crippen LogP contribution >= 0.6 is 0 Å². The summed E-state index contributed by atoms with van der Waals surface area (Å²) in [6.45, 7) is 8.17. The Morgan fingerprint density at radius 1 is 1.25 bits per heavy atom. The highest BCUT2D eigenvalue weighted by Gasteiger charge is 2.44. The Balaban J connectivity index is 1.01. The van der Waals surface area contributed by atoms with Crippen molar-refractivity contribution >= 4 is 11.9 Å². The van der Waals surface area contributed by atoms with E-state index in [0.29, 0.717) is 54.6 Å². The molecule has 1 aromatic heterocycles. The van der Waals surface area contributed by atoms with Gasteiger partial charge in [0.15, 0.2) is 5.82 Å². The summed E-state index contributed by atoms with van der Waals surface area (Å²) < 4.78 is 31.1. The molecule has 1 aromatic carbocycles. The van der Waals surface area contributed by atoms with E-state index in [1.165, 1.54) is 12.5 Å². The summed E-state index contributed by atoms with van der Waals surface area (Å²) in [6.07, 6.45) is 3.77.